The van der Waals surface area contributed by atoms with E-state index in [1.54, 1.807) is 12.4 Å². The van der Waals surface area contributed by atoms with Gasteiger partial charge >= 0.3 is 0 Å². The third-order valence-electron chi connectivity index (χ3n) is 2.06. The Hall–Kier alpha value is -1.29. The number of nitrogens with one attached hydrogen (secondary N) is 1. The number of nitrogen functional groups attached to an aromatic ring is 1. The zero-order valence-electron chi connectivity index (χ0n) is 7.36. The molecule has 1 aromatic rings. The van der Waals surface area contributed by atoms with E-state index in [1.807, 2.05) is 6.07 Å². The summed E-state index contributed by atoms with van der Waals surface area (Å²) in [5, 5.41) is 3.31. The van der Waals surface area contributed by atoms with Crippen molar-refractivity contribution < 1.29 is 4.74 Å². The quantitative estimate of drug-likeness (QED) is 0.707. The van der Waals surface area contributed by atoms with Gasteiger partial charge in [0.2, 0.25) is 0 Å². The summed E-state index contributed by atoms with van der Waals surface area (Å²) in [5.41, 5.74) is 7.25. The van der Waals surface area contributed by atoms with Crippen LogP contribution in [0.3, 0.4) is 0 Å². The summed E-state index contributed by atoms with van der Waals surface area (Å²) < 4.78 is 5.25. The molecule has 4 nitrogen and oxygen atoms in total. The van der Waals surface area contributed by atoms with Gasteiger partial charge in [-0.15, -0.1) is 0 Å². The molecule has 1 atom stereocenters. The number of hydrogen-bond acceptors (Lipinski definition) is 4. The number of nitrogens with zero attached hydrogens (tertiary/aromatic N) is 1. The molecule has 0 aromatic carbocycles. The van der Waals surface area contributed by atoms with Gasteiger partial charge in [0.25, 0.3) is 0 Å². The Morgan fingerprint density at radius 1 is 1.54 bits per heavy atom. The Morgan fingerprint density at radius 2 is 2.46 bits per heavy atom. The lowest BCUT2D eigenvalue weighted by Crippen LogP contribution is -2.18. The summed E-state index contributed by atoms with van der Waals surface area (Å²) >= 11 is 0. The minimum atomic E-state index is 0.406. The van der Waals surface area contributed by atoms with Crippen molar-refractivity contribution in [2.45, 2.75) is 12.5 Å². The first-order valence-corrected chi connectivity index (χ1v) is 4.39. The first-order valence-electron chi connectivity index (χ1n) is 4.39. The predicted octanol–water partition coefficient (Wildman–Crippen LogP) is 0.865. The number of aromatic nitrogens is 1. The van der Waals surface area contributed by atoms with Crippen LogP contribution in [-0.4, -0.2) is 24.2 Å². The summed E-state index contributed by atoms with van der Waals surface area (Å²) in [6.07, 6.45) is 4.46. The highest BCUT2D eigenvalue weighted by molar-refractivity contribution is 5.51. The standard InChI is InChI=1S/C9H13N3O/c10-7-3-9(5-11-4-7)12-8-1-2-13-6-8/h3-5,8,12H,1-2,6,10H2. The summed E-state index contributed by atoms with van der Waals surface area (Å²) in [5.74, 6) is 0. The first-order chi connectivity index (χ1) is 6.34. The van der Waals surface area contributed by atoms with Crippen molar-refractivity contribution in [3.05, 3.63) is 18.5 Å². The van der Waals surface area contributed by atoms with E-state index in [0.717, 1.165) is 25.3 Å². The van der Waals surface area contributed by atoms with Crippen LogP contribution in [0.4, 0.5) is 11.4 Å². The van der Waals surface area contributed by atoms with E-state index in [9.17, 15) is 0 Å². The zero-order chi connectivity index (χ0) is 9.10. The lowest BCUT2D eigenvalue weighted by Gasteiger charge is -2.11. The van der Waals surface area contributed by atoms with Crippen LogP contribution in [0.25, 0.3) is 0 Å². The van der Waals surface area contributed by atoms with Gasteiger partial charge in [0.1, 0.15) is 0 Å². The molecule has 1 aromatic heterocycles. The van der Waals surface area contributed by atoms with E-state index in [1.165, 1.54) is 0 Å². The Balaban J connectivity index is 2.00. The second kappa shape index (κ2) is 3.62. The molecule has 1 aliphatic rings. The Kier molecular flexibility index (Phi) is 2.31. The van der Waals surface area contributed by atoms with Crippen molar-refractivity contribution >= 4 is 11.4 Å². The van der Waals surface area contributed by atoms with Crippen LogP contribution in [0, 0.1) is 0 Å². The van der Waals surface area contributed by atoms with E-state index in [0.29, 0.717) is 11.7 Å². The smallest absolute Gasteiger partial charge is 0.0668 e. The van der Waals surface area contributed by atoms with Gasteiger partial charge in [-0.2, -0.15) is 0 Å². The van der Waals surface area contributed by atoms with E-state index < -0.39 is 0 Å². The molecule has 3 N–H and O–H groups in total. The number of ether oxygens (including phenoxy) is 1. The van der Waals surface area contributed by atoms with Crippen molar-refractivity contribution in [1.82, 2.24) is 4.98 Å². The fourth-order valence-corrected chi connectivity index (χ4v) is 1.42. The van der Waals surface area contributed by atoms with E-state index in [-0.39, 0.29) is 0 Å². The van der Waals surface area contributed by atoms with Crippen molar-refractivity contribution in [1.29, 1.82) is 0 Å². The number of nitrogens with two attached hydrogens (primary N) is 1. The molecule has 1 aliphatic heterocycles. The second-order valence-electron chi connectivity index (χ2n) is 3.21. The van der Waals surface area contributed by atoms with Gasteiger partial charge in [-0.3, -0.25) is 4.98 Å². The molecule has 0 radical (unpaired) electrons. The Morgan fingerprint density at radius 3 is 3.15 bits per heavy atom. The van der Waals surface area contributed by atoms with Gasteiger partial charge in [0, 0.05) is 12.8 Å². The maximum atomic E-state index is 5.60. The molecule has 1 saturated heterocycles. The molecule has 0 saturated carbocycles. The molecule has 4 heteroatoms. The van der Waals surface area contributed by atoms with Crippen LogP contribution >= 0.6 is 0 Å². The van der Waals surface area contributed by atoms with Crippen molar-refractivity contribution in [3.8, 4) is 0 Å². The summed E-state index contributed by atoms with van der Waals surface area (Å²) in [4.78, 5) is 4.00. The fraction of sp³-hybridized carbons (Fsp3) is 0.444. The van der Waals surface area contributed by atoms with Crippen molar-refractivity contribution in [3.63, 3.8) is 0 Å². The van der Waals surface area contributed by atoms with Crippen LogP contribution < -0.4 is 11.1 Å². The number of pyridine rings is 1. The van der Waals surface area contributed by atoms with Crippen molar-refractivity contribution in [2.75, 3.05) is 24.3 Å². The molecule has 0 bridgehead atoms. The molecule has 0 amide bonds. The topological polar surface area (TPSA) is 60.2 Å². The normalized spacial score (nSPS) is 21.7. The molecule has 0 spiro atoms. The fourth-order valence-electron chi connectivity index (χ4n) is 1.42. The molecule has 1 unspecified atom stereocenters. The maximum absolute atomic E-state index is 5.60. The largest absolute Gasteiger partial charge is 0.397 e. The third-order valence-corrected chi connectivity index (χ3v) is 2.06. The van der Waals surface area contributed by atoms with Crippen LogP contribution in [-0.2, 0) is 4.74 Å². The summed E-state index contributed by atoms with van der Waals surface area (Å²) in [6.45, 7) is 1.61. The van der Waals surface area contributed by atoms with Gasteiger partial charge < -0.3 is 15.8 Å². The van der Waals surface area contributed by atoms with Gasteiger partial charge in [-0.05, 0) is 12.5 Å². The van der Waals surface area contributed by atoms with Crippen LogP contribution in [0.15, 0.2) is 18.5 Å². The number of rotatable bonds is 2. The average molecular weight is 179 g/mol. The summed E-state index contributed by atoms with van der Waals surface area (Å²) in [6, 6.07) is 2.29. The zero-order valence-corrected chi connectivity index (χ0v) is 7.36. The summed E-state index contributed by atoms with van der Waals surface area (Å²) in [7, 11) is 0. The Bertz CT molecular complexity index is 284. The first kappa shape index (κ1) is 8.31. The molecule has 13 heavy (non-hydrogen) atoms. The highest BCUT2D eigenvalue weighted by Gasteiger charge is 2.14. The monoisotopic (exact) mass is 179 g/mol. The second-order valence-corrected chi connectivity index (χ2v) is 3.21. The van der Waals surface area contributed by atoms with E-state index >= 15 is 0 Å². The average Bonchev–Trinajstić information content (AvgIpc) is 2.57. The molecule has 1 fully saturated rings. The molecule has 2 rings (SSSR count). The molecular formula is C9H13N3O. The lowest BCUT2D eigenvalue weighted by molar-refractivity contribution is 0.195. The van der Waals surface area contributed by atoms with E-state index in [4.69, 9.17) is 10.5 Å². The van der Waals surface area contributed by atoms with Gasteiger partial charge in [-0.1, -0.05) is 0 Å². The highest BCUT2D eigenvalue weighted by Crippen LogP contribution is 2.14. The number of anilines is 2. The van der Waals surface area contributed by atoms with Crippen LogP contribution in [0.2, 0.25) is 0 Å². The highest BCUT2D eigenvalue weighted by atomic mass is 16.5. The van der Waals surface area contributed by atoms with Gasteiger partial charge in [-0.25, -0.2) is 0 Å². The lowest BCUT2D eigenvalue weighted by atomic mass is 10.2. The van der Waals surface area contributed by atoms with Gasteiger partial charge in [0.15, 0.2) is 0 Å². The van der Waals surface area contributed by atoms with E-state index in [2.05, 4.69) is 10.3 Å². The van der Waals surface area contributed by atoms with Crippen LogP contribution in [0.5, 0.6) is 0 Å². The van der Waals surface area contributed by atoms with Gasteiger partial charge in [0.05, 0.1) is 30.2 Å². The predicted molar refractivity (Wildman–Crippen MR) is 51.5 cm³/mol. The Labute approximate surface area is 77.1 Å². The molecular weight excluding hydrogens is 166 g/mol. The minimum absolute atomic E-state index is 0.406. The SMILES string of the molecule is Nc1cncc(NC2CCOC2)c1. The molecule has 0 aliphatic carbocycles. The van der Waals surface area contributed by atoms with Crippen LogP contribution in [0.1, 0.15) is 6.42 Å². The number of hydrogen-bond donors (Lipinski definition) is 2. The molecule has 70 valence electrons. The maximum Gasteiger partial charge on any atom is 0.0668 e. The van der Waals surface area contributed by atoms with Crippen molar-refractivity contribution in [2.24, 2.45) is 0 Å². The molecule has 2 heterocycles. The minimum Gasteiger partial charge on any atom is -0.397 e. The third kappa shape index (κ3) is 2.09.